The zero-order chi connectivity index (χ0) is 26.6. The predicted molar refractivity (Wildman–Crippen MR) is 139 cm³/mol. The third-order valence-corrected chi connectivity index (χ3v) is 6.99. The smallest absolute Gasteiger partial charge is 0.338 e. The van der Waals surface area contributed by atoms with Crippen LogP contribution in [0.5, 0.6) is 5.75 Å². The lowest BCUT2D eigenvalue weighted by molar-refractivity contribution is -0.163. The molecule has 0 unspecified atom stereocenters. The van der Waals surface area contributed by atoms with E-state index >= 15 is 0 Å². The summed E-state index contributed by atoms with van der Waals surface area (Å²) in [5, 5.41) is 0. The van der Waals surface area contributed by atoms with Crippen LogP contribution in [0.25, 0.3) is 0 Å². The van der Waals surface area contributed by atoms with E-state index < -0.39 is 23.8 Å². The van der Waals surface area contributed by atoms with Gasteiger partial charge in [-0.1, -0.05) is 24.3 Å². The topological polar surface area (TPSA) is 68.3 Å². The van der Waals surface area contributed by atoms with Gasteiger partial charge in [0.25, 0.3) is 0 Å². The number of ether oxygens (including phenoxy) is 3. The Hall–Kier alpha value is -3.13. The standard InChI is InChI=1S/C29H37FN2O5/c1-5-35-22-15-13-21(14-16-22)9-8-10-23(26-28(34)37-29(3,4)36-26)27(33)32-18-17-31(19-20(32)2)25-12-7-6-11-24(25)30/h6-7,11-16,20,23,26H,5,8-10,17-19H2,1-4H3/t20-,23+,26+/m1/s1. The molecule has 2 aromatic carbocycles. The van der Waals surface area contributed by atoms with Gasteiger partial charge in [0.1, 0.15) is 11.6 Å². The van der Waals surface area contributed by atoms with Crippen molar-refractivity contribution in [3.8, 4) is 5.75 Å². The average Bonchev–Trinajstić information content (AvgIpc) is 3.14. The number of anilines is 1. The lowest BCUT2D eigenvalue weighted by atomic mass is 9.92. The number of piperazine rings is 1. The summed E-state index contributed by atoms with van der Waals surface area (Å²) in [5.74, 6) is -1.78. The SMILES string of the molecule is CCOc1ccc(CCC[C@H](C(=O)N2CCN(c3ccccc3F)C[C@H]2C)[C@@H]2OC(C)(C)OC2=O)cc1. The first-order chi connectivity index (χ1) is 17.7. The molecule has 0 aliphatic carbocycles. The van der Waals surface area contributed by atoms with E-state index in [-0.39, 0.29) is 17.8 Å². The first kappa shape index (κ1) is 26.9. The molecule has 2 aromatic rings. The van der Waals surface area contributed by atoms with E-state index in [2.05, 4.69) is 0 Å². The summed E-state index contributed by atoms with van der Waals surface area (Å²) in [6.45, 7) is 9.34. The van der Waals surface area contributed by atoms with E-state index in [1.165, 1.54) is 6.07 Å². The van der Waals surface area contributed by atoms with Gasteiger partial charge in [0.15, 0.2) is 6.10 Å². The molecule has 4 rings (SSSR count). The largest absolute Gasteiger partial charge is 0.494 e. The lowest BCUT2D eigenvalue weighted by Gasteiger charge is -2.42. The van der Waals surface area contributed by atoms with Gasteiger partial charge >= 0.3 is 5.97 Å². The number of benzene rings is 2. The number of esters is 1. The Morgan fingerprint density at radius 1 is 1.16 bits per heavy atom. The fourth-order valence-corrected chi connectivity index (χ4v) is 5.20. The van der Waals surface area contributed by atoms with Crippen LogP contribution in [0, 0.1) is 11.7 Å². The Labute approximate surface area is 218 Å². The van der Waals surface area contributed by atoms with Crippen LogP contribution in [-0.2, 0) is 25.5 Å². The van der Waals surface area contributed by atoms with Crippen LogP contribution in [0.3, 0.4) is 0 Å². The predicted octanol–water partition coefficient (Wildman–Crippen LogP) is 4.58. The van der Waals surface area contributed by atoms with Crippen molar-refractivity contribution in [3.63, 3.8) is 0 Å². The molecule has 2 saturated heterocycles. The molecule has 37 heavy (non-hydrogen) atoms. The van der Waals surface area contributed by atoms with Gasteiger partial charge in [-0.3, -0.25) is 4.79 Å². The Balaban J connectivity index is 1.44. The fourth-order valence-electron chi connectivity index (χ4n) is 5.20. The van der Waals surface area contributed by atoms with Crippen LogP contribution in [0.1, 0.15) is 46.1 Å². The van der Waals surface area contributed by atoms with Crippen LogP contribution in [0.4, 0.5) is 10.1 Å². The van der Waals surface area contributed by atoms with E-state index in [4.69, 9.17) is 14.2 Å². The number of para-hydroxylation sites is 1. The van der Waals surface area contributed by atoms with Crippen molar-refractivity contribution in [2.45, 2.75) is 64.9 Å². The normalized spacial score (nSPS) is 22.0. The van der Waals surface area contributed by atoms with Crippen molar-refractivity contribution < 1.29 is 28.2 Å². The van der Waals surface area contributed by atoms with Crippen molar-refractivity contribution in [2.24, 2.45) is 5.92 Å². The van der Waals surface area contributed by atoms with Crippen LogP contribution in [0.2, 0.25) is 0 Å². The summed E-state index contributed by atoms with van der Waals surface area (Å²) in [6.07, 6.45) is 1.02. The van der Waals surface area contributed by atoms with Crippen molar-refractivity contribution in [1.29, 1.82) is 0 Å². The zero-order valence-corrected chi connectivity index (χ0v) is 22.1. The Morgan fingerprint density at radius 3 is 2.51 bits per heavy atom. The molecule has 0 bridgehead atoms. The number of amides is 1. The minimum atomic E-state index is -1.06. The monoisotopic (exact) mass is 512 g/mol. The molecule has 7 nitrogen and oxygen atoms in total. The summed E-state index contributed by atoms with van der Waals surface area (Å²) >= 11 is 0. The molecule has 0 aromatic heterocycles. The number of aryl methyl sites for hydroxylation is 1. The molecular weight excluding hydrogens is 475 g/mol. The van der Waals surface area contributed by atoms with E-state index in [0.717, 1.165) is 17.7 Å². The van der Waals surface area contributed by atoms with E-state index in [0.29, 0.717) is 44.8 Å². The fraction of sp³-hybridized carbons (Fsp3) is 0.517. The highest BCUT2D eigenvalue weighted by molar-refractivity contribution is 5.88. The second-order valence-corrected chi connectivity index (χ2v) is 10.2. The molecule has 2 heterocycles. The highest BCUT2D eigenvalue weighted by atomic mass is 19.1. The Morgan fingerprint density at radius 2 is 1.89 bits per heavy atom. The van der Waals surface area contributed by atoms with Gasteiger partial charge < -0.3 is 24.0 Å². The molecule has 0 N–H and O–H groups in total. The summed E-state index contributed by atoms with van der Waals surface area (Å²) < 4.78 is 31.2. The van der Waals surface area contributed by atoms with Crippen molar-refractivity contribution >= 4 is 17.6 Å². The van der Waals surface area contributed by atoms with Crippen molar-refractivity contribution in [1.82, 2.24) is 4.90 Å². The molecule has 0 saturated carbocycles. The number of hydrogen-bond acceptors (Lipinski definition) is 6. The first-order valence-corrected chi connectivity index (χ1v) is 13.1. The number of carbonyl (C=O) groups excluding carboxylic acids is 2. The van der Waals surface area contributed by atoms with Gasteiger partial charge in [-0.05, 0) is 62.9 Å². The molecule has 2 aliphatic rings. The second kappa shape index (κ2) is 11.5. The molecule has 2 aliphatic heterocycles. The molecule has 8 heteroatoms. The van der Waals surface area contributed by atoms with E-state index in [1.54, 1.807) is 30.9 Å². The summed E-state index contributed by atoms with van der Waals surface area (Å²) in [7, 11) is 0. The molecule has 3 atom stereocenters. The third kappa shape index (κ3) is 6.42. The van der Waals surface area contributed by atoms with Crippen LogP contribution in [-0.4, -0.2) is 61.0 Å². The van der Waals surface area contributed by atoms with Gasteiger partial charge in [0, 0.05) is 39.5 Å². The minimum Gasteiger partial charge on any atom is -0.494 e. The Bertz CT molecular complexity index is 1090. The van der Waals surface area contributed by atoms with Gasteiger partial charge in [0.05, 0.1) is 18.2 Å². The maximum atomic E-state index is 14.3. The molecule has 1 amide bonds. The molecule has 0 radical (unpaired) electrons. The maximum Gasteiger partial charge on any atom is 0.338 e. The van der Waals surface area contributed by atoms with Crippen molar-refractivity contribution in [2.75, 3.05) is 31.1 Å². The lowest BCUT2D eigenvalue weighted by Crippen LogP contribution is -2.57. The molecule has 0 spiro atoms. The van der Waals surface area contributed by atoms with Gasteiger partial charge in [0.2, 0.25) is 11.7 Å². The van der Waals surface area contributed by atoms with Gasteiger partial charge in [-0.15, -0.1) is 0 Å². The number of cyclic esters (lactones) is 1. The van der Waals surface area contributed by atoms with Crippen molar-refractivity contribution in [3.05, 3.63) is 59.9 Å². The summed E-state index contributed by atoms with van der Waals surface area (Å²) in [5.41, 5.74) is 1.68. The average molecular weight is 513 g/mol. The van der Waals surface area contributed by atoms with E-state index in [1.807, 2.05) is 49.1 Å². The quantitative estimate of drug-likeness (QED) is 0.458. The zero-order valence-electron chi connectivity index (χ0n) is 22.1. The molecule has 2 fully saturated rings. The minimum absolute atomic E-state index is 0.118. The second-order valence-electron chi connectivity index (χ2n) is 10.2. The summed E-state index contributed by atoms with van der Waals surface area (Å²) in [6, 6.07) is 14.5. The third-order valence-electron chi connectivity index (χ3n) is 6.99. The highest BCUT2D eigenvalue weighted by Gasteiger charge is 2.49. The number of hydrogen-bond donors (Lipinski definition) is 0. The van der Waals surface area contributed by atoms with Crippen LogP contribution >= 0.6 is 0 Å². The molecule has 200 valence electrons. The number of halogens is 1. The van der Waals surface area contributed by atoms with Gasteiger partial charge in [-0.2, -0.15) is 0 Å². The Kier molecular flexibility index (Phi) is 8.37. The van der Waals surface area contributed by atoms with Crippen LogP contribution < -0.4 is 9.64 Å². The number of rotatable bonds is 9. The number of carbonyl (C=O) groups is 2. The van der Waals surface area contributed by atoms with Gasteiger partial charge in [-0.25, -0.2) is 9.18 Å². The van der Waals surface area contributed by atoms with E-state index in [9.17, 15) is 14.0 Å². The first-order valence-electron chi connectivity index (χ1n) is 13.1. The number of nitrogens with zero attached hydrogens (tertiary/aromatic N) is 2. The molecular formula is C29H37FN2O5. The highest BCUT2D eigenvalue weighted by Crippen LogP contribution is 2.33. The maximum absolute atomic E-state index is 14.3. The summed E-state index contributed by atoms with van der Waals surface area (Å²) in [4.78, 5) is 30.3. The van der Waals surface area contributed by atoms with Crippen LogP contribution in [0.15, 0.2) is 48.5 Å².